The van der Waals surface area contributed by atoms with E-state index in [4.69, 9.17) is 0 Å². The Balaban J connectivity index is 1.49. The minimum absolute atomic E-state index is 0.110. The number of rotatable bonds is 4. The summed E-state index contributed by atoms with van der Waals surface area (Å²) in [6, 6.07) is 0. The molecule has 1 amide bonds. The first-order valence-electron chi connectivity index (χ1n) is 12.2. The molecule has 0 heterocycles. The molecule has 0 saturated heterocycles. The summed E-state index contributed by atoms with van der Waals surface area (Å²) in [6.07, 6.45) is 14.0. The molecule has 0 spiro atoms. The van der Waals surface area contributed by atoms with Gasteiger partial charge in [0.05, 0.1) is 6.10 Å². The normalized spacial score (nSPS) is 44.9. The van der Waals surface area contributed by atoms with Gasteiger partial charge in [0, 0.05) is 20.5 Å². The van der Waals surface area contributed by atoms with Crippen LogP contribution in [0.1, 0.15) is 85.0 Å². The molecule has 0 aromatic carbocycles. The molecule has 0 aromatic rings. The molecule has 1 N–H and O–H groups in total. The fourth-order valence-electron chi connectivity index (χ4n) is 8.39. The molecule has 4 rings (SSSR count). The maximum Gasteiger partial charge on any atom is 0.222 e. The number of carbonyl (C=O) groups is 1. The fourth-order valence-corrected chi connectivity index (χ4v) is 8.39. The highest BCUT2D eigenvalue weighted by Gasteiger charge is 2.59. The lowest BCUT2D eigenvalue weighted by Crippen LogP contribution is -2.50. The summed E-state index contributed by atoms with van der Waals surface area (Å²) >= 11 is 0. The maximum atomic E-state index is 12.1. The van der Waals surface area contributed by atoms with Gasteiger partial charge in [0.15, 0.2) is 0 Å². The van der Waals surface area contributed by atoms with Crippen LogP contribution in [0.4, 0.5) is 0 Å². The number of aliphatic hydroxyl groups is 1. The van der Waals surface area contributed by atoms with E-state index in [1.165, 1.54) is 38.5 Å². The van der Waals surface area contributed by atoms with E-state index in [9.17, 15) is 9.90 Å². The van der Waals surface area contributed by atoms with Gasteiger partial charge in [-0.25, -0.2) is 0 Å². The van der Waals surface area contributed by atoms with Crippen molar-refractivity contribution < 1.29 is 9.90 Å². The molecule has 164 valence electrons. The number of fused-ring (bicyclic) bond motifs is 5. The smallest absolute Gasteiger partial charge is 0.222 e. The van der Waals surface area contributed by atoms with Gasteiger partial charge in [-0.1, -0.05) is 32.4 Å². The van der Waals surface area contributed by atoms with Crippen molar-refractivity contribution in [2.24, 2.45) is 40.4 Å². The summed E-state index contributed by atoms with van der Waals surface area (Å²) in [6.45, 7) is 7.53. The van der Waals surface area contributed by atoms with Crippen molar-refractivity contribution in [2.75, 3.05) is 14.1 Å². The van der Waals surface area contributed by atoms with E-state index in [1.54, 1.807) is 10.5 Å². The lowest BCUT2D eigenvalue weighted by Gasteiger charge is -2.58. The molecule has 4 aliphatic rings. The number of nitrogens with zero attached hydrogens (tertiary/aromatic N) is 1. The Labute approximate surface area is 178 Å². The lowest BCUT2D eigenvalue weighted by atomic mass is 9.47. The Bertz CT molecular complexity index is 670. The van der Waals surface area contributed by atoms with E-state index >= 15 is 0 Å². The number of allylic oxidation sites excluding steroid dienone is 1. The van der Waals surface area contributed by atoms with Crippen molar-refractivity contribution in [2.45, 2.75) is 91.1 Å². The zero-order valence-electron chi connectivity index (χ0n) is 19.4. The Kier molecular flexibility index (Phi) is 5.68. The van der Waals surface area contributed by atoms with Gasteiger partial charge in [-0.3, -0.25) is 4.79 Å². The highest BCUT2D eigenvalue weighted by Crippen LogP contribution is 2.67. The standard InChI is InChI=1S/C26H43NO2/c1-17(6-11-24(29)27(4)5)21-9-10-22-20-8-7-18-16-19(28)12-14-25(18,2)23(20)13-15-26(21,22)3/h7,17,19-23,28H,6,8-16H2,1-5H3/t17?,19-,20?,21?,22?,23?,25?,26?/m0/s1. The molecule has 0 aromatic heterocycles. The van der Waals surface area contributed by atoms with Crippen molar-refractivity contribution in [3.8, 4) is 0 Å². The first-order valence-corrected chi connectivity index (χ1v) is 12.2. The Morgan fingerprint density at radius 2 is 1.93 bits per heavy atom. The van der Waals surface area contributed by atoms with Crippen LogP contribution in [0.3, 0.4) is 0 Å². The molecule has 4 aliphatic carbocycles. The van der Waals surface area contributed by atoms with Crippen LogP contribution in [0.15, 0.2) is 11.6 Å². The number of carbonyl (C=O) groups excluding carboxylic acids is 1. The van der Waals surface area contributed by atoms with Crippen LogP contribution in [-0.4, -0.2) is 36.1 Å². The topological polar surface area (TPSA) is 40.5 Å². The van der Waals surface area contributed by atoms with Crippen LogP contribution in [-0.2, 0) is 4.79 Å². The summed E-state index contributed by atoms with van der Waals surface area (Å²) in [4.78, 5) is 13.8. The van der Waals surface area contributed by atoms with E-state index in [0.717, 1.165) is 42.9 Å². The summed E-state index contributed by atoms with van der Waals surface area (Å²) < 4.78 is 0. The summed E-state index contributed by atoms with van der Waals surface area (Å²) in [7, 11) is 3.74. The number of hydrogen-bond acceptors (Lipinski definition) is 2. The largest absolute Gasteiger partial charge is 0.393 e. The molecule has 3 fully saturated rings. The molecule has 0 radical (unpaired) electrons. The molecule has 3 nitrogen and oxygen atoms in total. The third-order valence-corrected chi connectivity index (χ3v) is 10.2. The van der Waals surface area contributed by atoms with Crippen LogP contribution in [0.2, 0.25) is 0 Å². The fraction of sp³-hybridized carbons (Fsp3) is 0.885. The van der Waals surface area contributed by atoms with Gasteiger partial charge < -0.3 is 10.0 Å². The maximum absolute atomic E-state index is 12.1. The summed E-state index contributed by atoms with van der Waals surface area (Å²) in [5.41, 5.74) is 2.37. The highest BCUT2D eigenvalue weighted by atomic mass is 16.3. The van der Waals surface area contributed by atoms with Crippen LogP contribution >= 0.6 is 0 Å². The molecule has 29 heavy (non-hydrogen) atoms. The van der Waals surface area contributed by atoms with Crippen LogP contribution in [0, 0.1) is 40.4 Å². The van der Waals surface area contributed by atoms with Gasteiger partial charge in [-0.05, 0) is 98.2 Å². The minimum Gasteiger partial charge on any atom is -0.393 e. The van der Waals surface area contributed by atoms with E-state index in [2.05, 4.69) is 26.8 Å². The molecule has 0 aliphatic heterocycles. The Hall–Kier alpha value is -0.830. The molecule has 7 unspecified atom stereocenters. The number of amides is 1. The quantitative estimate of drug-likeness (QED) is 0.638. The molecular formula is C26H43NO2. The van der Waals surface area contributed by atoms with Crippen molar-refractivity contribution in [3.05, 3.63) is 11.6 Å². The lowest BCUT2D eigenvalue weighted by molar-refractivity contribution is -0.129. The van der Waals surface area contributed by atoms with Gasteiger partial charge >= 0.3 is 0 Å². The third kappa shape index (κ3) is 3.50. The van der Waals surface area contributed by atoms with E-state index in [1.807, 2.05) is 14.1 Å². The second-order valence-corrected chi connectivity index (χ2v) is 11.7. The highest BCUT2D eigenvalue weighted by molar-refractivity contribution is 5.75. The van der Waals surface area contributed by atoms with Gasteiger partial charge in [-0.15, -0.1) is 0 Å². The van der Waals surface area contributed by atoms with Crippen LogP contribution < -0.4 is 0 Å². The Morgan fingerprint density at radius 3 is 2.66 bits per heavy atom. The van der Waals surface area contributed by atoms with E-state index in [0.29, 0.717) is 23.2 Å². The second kappa shape index (κ2) is 7.70. The minimum atomic E-state index is -0.110. The molecular weight excluding hydrogens is 358 g/mol. The van der Waals surface area contributed by atoms with Gasteiger partial charge in [-0.2, -0.15) is 0 Å². The molecule has 0 bridgehead atoms. The second-order valence-electron chi connectivity index (χ2n) is 11.7. The van der Waals surface area contributed by atoms with Gasteiger partial charge in [0.1, 0.15) is 0 Å². The van der Waals surface area contributed by atoms with Crippen molar-refractivity contribution in [3.63, 3.8) is 0 Å². The van der Waals surface area contributed by atoms with Crippen molar-refractivity contribution in [1.82, 2.24) is 4.90 Å². The van der Waals surface area contributed by atoms with Gasteiger partial charge in [0.2, 0.25) is 5.91 Å². The zero-order valence-corrected chi connectivity index (χ0v) is 19.4. The zero-order chi connectivity index (χ0) is 21.0. The number of aliphatic hydroxyl groups excluding tert-OH is 1. The SMILES string of the molecule is CC(CCC(=O)N(C)C)C1CCC2C3CC=C4C[C@@H](O)CCC4(C)C3CCC12C. The predicted octanol–water partition coefficient (Wildman–Crippen LogP) is 5.43. The summed E-state index contributed by atoms with van der Waals surface area (Å²) in [5.74, 6) is 4.18. The monoisotopic (exact) mass is 401 g/mol. The molecule has 8 atom stereocenters. The number of hydrogen-bond donors (Lipinski definition) is 1. The third-order valence-electron chi connectivity index (χ3n) is 10.2. The van der Waals surface area contributed by atoms with Crippen molar-refractivity contribution >= 4 is 5.91 Å². The Morgan fingerprint density at radius 1 is 1.17 bits per heavy atom. The van der Waals surface area contributed by atoms with Crippen LogP contribution in [0.5, 0.6) is 0 Å². The van der Waals surface area contributed by atoms with Crippen molar-refractivity contribution in [1.29, 1.82) is 0 Å². The average molecular weight is 402 g/mol. The predicted molar refractivity (Wildman–Crippen MR) is 118 cm³/mol. The van der Waals surface area contributed by atoms with Gasteiger partial charge in [0.25, 0.3) is 0 Å². The first kappa shape index (κ1) is 21.4. The van der Waals surface area contributed by atoms with E-state index in [-0.39, 0.29) is 12.0 Å². The average Bonchev–Trinajstić information content (AvgIpc) is 3.03. The molecule has 3 heteroatoms. The van der Waals surface area contributed by atoms with E-state index < -0.39 is 0 Å². The summed E-state index contributed by atoms with van der Waals surface area (Å²) in [5, 5.41) is 10.2. The van der Waals surface area contributed by atoms with Crippen LogP contribution in [0.25, 0.3) is 0 Å². The first-order chi connectivity index (χ1) is 13.7. The molecule has 3 saturated carbocycles.